The lowest BCUT2D eigenvalue weighted by atomic mass is 10.0. The Balaban J connectivity index is 1.75. The zero-order valence-electron chi connectivity index (χ0n) is 16.0. The van der Waals surface area contributed by atoms with Crippen LogP contribution in [0, 0.1) is 0 Å². The van der Waals surface area contributed by atoms with Crippen molar-refractivity contribution in [2.75, 3.05) is 23.3 Å². The maximum Gasteiger partial charge on any atom is 0.262 e. The molecule has 0 unspecified atom stereocenters. The fourth-order valence-electron chi connectivity index (χ4n) is 3.17. The molecule has 8 nitrogen and oxygen atoms in total. The lowest BCUT2D eigenvalue weighted by molar-refractivity contribution is 0.0915. The van der Waals surface area contributed by atoms with Gasteiger partial charge in [0.2, 0.25) is 0 Å². The molecule has 1 aliphatic rings. The monoisotopic (exact) mass is 438 g/mol. The molecule has 2 N–H and O–H groups in total. The molecule has 10 heteroatoms. The van der Waals surface area contributed by atoms with E-state index in [0.29, 0.717) is 17.9 Å². The number of benzene rings is 2. The fraction of sp³-hybridized carbons (Fsp3) is 0.316. The van der Waals surface area contributed by atoms with Gasteiger partial charge < -0.3 is 10.1 Å². The lowest BCUT2D eigenvalue weighted by Crippen LogP contribution is -2.46. The Bertz CT molecular complexity index is 1130. The van der Waals surface area contributed by atoms with Gasteiger partial charge in [0, 0.05) is 5.56 Å². The zero-order chi connectivity index (χ0) is 21.3. The summed E-state index contributed by atoms with van der Waals surface area (Å²) in [7, 11) is -5.59. The third-order valence-electron chi connectivity index (χ3n) is 4.70. The van der Waals surface area contributed by atoms with Gasteiger partial charge in [0.15, 0.2) is 9.84 Å². The summed E-state index contributed by atoms with van der Waals surface area (Å²) in [4.78, 5) is 12.4. The van der Waals surface area contributed by atoms with Crippen molar-refractivity contribution in [3.8, 4) is 5.75 Å². The van der Waals surface area contributed by atoms with E-state index in [2.05, 4.69) is 10.0 Å². The summed E-state index contributed by atoms with van der Waals surface area (Å²) in [5.74, 6) is -0.144. The van der Waals surface area contributed by atoms with Crippen molar-refractivity contribution in [2.24, 2.45) is 0 Å². The smallest absolute Gasteiger partial charge is 0.262 e. The maximum atomic E-state index is 12.6. The number of methoxy groups -OCH3 is 1. The van der Waals surface area contributed by atoms with Gasteiger partial charge in [-0.3, -0.25) is 9.52 Å². The van der Waals surface area contributed by atoms with Gasteiger partial charge in [0.05, 0.1) is 34.7 Å². The molecule has 2 aromatic rings. The van der Waals surface area contributed by atoms with Crippen LogP contribution < -0.4 is 14.8 Å². The molecule has 0 radical (unpaired) electrons. The Morgan fingerprint density at radius 1 is 1.10 bits per heavy atom. The maximum absolute atomic E-state index is 12.6. The molecule has 0 aliphatic carbocycles. The highest BCUT2D eigenvalue weighted by Crippen LogP contribution is 2.26. The molecule has 1 saturated heterocycles. The van der Waals surface area contributed by atoms with Crippen molar-refractivity contribution in [1.82, 2.24) is 5.32 Å². The molecule has 3 rings (SSSR count). The number of rotatable bonds is 6. The van der Waals surface area contributed by atoms with Crippen LogP contribution in [-0.2, 0) is 19.9 Å². The highest BCUT2D eigenvalue weighted by atomic mass is 32.2. The minimum absolute atomic E-state index is 0.0189. The first-order valence-electron chi connectivity index (χ1n) is 8.82. The number of carbonyl (C=O) groups is 1. The minimum atomic E-state index is -3.88. The Hall–Kier alpha value is -2.59. The number of anilines is 1. The van der Waals surface area contributed by atoms with E-state index in [9.17, 15) is 21.6 Å². The molecule has 0 spiro atoms. The zero-order valence-corrected chi connectivity index (χ0v) is 17.6. The van der Waals surface area contributed by atoms with E-state index >= 15 is 0 Å². The highest BCUT2D eigenvalue weighted by molar-refractivity contribution is 7.92. The normalized spacial score (nSPS) is 20.8. The predicted molar refractivity (Wildman–Crippen MR) is 109 cm³/mol. The molecule has 156 valence electrons. The van der Waals surface area contributed by atoms with Crippen molar-refractivity contribution in [2.45, 2.75) is 23.8 Å². The molecule has 1 fully saturated rings. The molecule has 1 amide bonds. The number of sulfonamides is 1. The Morgan fingerprint density at radius 3 is 2.34 bits per heavy atom. The largest absolute Gasteiger partial charge is 0.495 e. The van der Waals surface area contributed by atoms with Crippen molar-refractivity contribution in [3.05, 3.63) is 54.1 Å². The molecule has 29 heavy (non-hydrogen) atoms. The predicted octanol–water partition coefficient (Wildman–Crippen LogP) is 1.80. The lowest BCUT2D eigenvalue weighted by Gasteiger charge is -2.23. The number of ether oxygens (including phenoxy) is 1. The Morgan fingerprint density at radius 2 is 1.76 bits per heavy atom. The van der Waals surface area contributed by atoms with E-state index in [0.717, 1.165) is 0 Å². The minimum Gasteiger partial charge on any atom is -0.495 e. The summed E-state index contributed by atoms with van der Waals surface area (Å²) in [6, 6.07) is 12.0. The number of carbonyl (C=O) groups excluding carboxylic acids is 1. The van der Waals surface area contributed by atoms with Gasteiger partial charge in [0.25, 0.3) is 15.9 Å². The molecule has 0 saturated carbocycles. The first kappa shape index (κ1) is 21.1. The summed E-state index contributed by atoms with van der Waals surface area (Å²) in [6.45, 7) is 1.69. The van der Waals surface area contributed by atoms with Gasteiger partial charge in [-0.1, -0.05) is 12.1 Å². The van der Waals surface area contributed by atoms with Gasteiger partial charge in [-0.15, -0.1) is 0 Å². The number of hydrogen-bond acceptors (Lipinski definition) is 6. The average molecular weight is 439 g/mol. The van der Waals surface area contributed by atoms with Crippen LogP contribution in [0.3, 0.4) is 0 Å². The number of sulfone groups is 1. The summed E-state index contributed by atoms with van der Waals surface area (Å²) >= 11 is 0. The fourth-order valence-corrected chi connectivity index (χ4v) is 6.34. The standard InChI is InChI=1S/C19H22N2O6S2/c1-19(11-12-28(23,24)13-19)20-18(22)14-7-9-15(10-8-14)29(25,26)21-16-5-3-4-6-17(16)27-2/h3-10,21H,11-13H2,1-2H3,(H,20,22)/t19-/m1/s1. The van der Waals surface area contributed by atoms with Gasteiger partial charge in [-0.2, -0.15) is 0 Å². The van der Waals surface area contributed by atoms with Crippen LogP contribution >= 0.6 is 0 Å². The number of nitrogens with one attached hydrogen (secondary N) is 2. The van der Waals surface area contributed by atoms with Crippen LogP contribution in [-0.4, -0.2) is 46.9 Å². The van der Waals surface area contributed by atoms with Crippen LogP contribution in [0.25, 0.3) is 0 Å². The molecular formula is C19H22N2O6S2. The molecule has 0 aromatic heterocycles. The van der Waals surface area contributed by atoms with Gasteiger partial charge >= 0.3 is 0 Å². The average Bonchev–Trinajstić information content (AvgIpc) is 2.94. The summed E-state index contributed by atoms with van der Waals surface area (Å²) in [5, 5.41) is 2.74. The first-order chi connectivity index (χ1) is 13.5. The number of para-hydroxylation sites is 2. The van der Waals surface area contributed by atoms with Crippen molar-refractivity contribution < 1.29 is 26.4 Å². The quantitative estimate of drug-likeness (QED) is 0.710. The molecule has 1 atom stereocenters. The van der Waals surface area contributed by atoms with Crippen LogP contribution in [0.2, 0.25) is 0 Å². The van der Waals surface area contributed by atoms with Crippen LogP contribution in [0.5, 0.6) is 5.75 Å². The second kappa shape index (κ2) is 7.68. The van der Waals surface area contributed by atoms with E-state index in [-0.39, 0.29) is 22.0 Å². The van der Waals surface area contributed by atoms with Crippen LogP contribution in [0.4, 0.5) is 5.69 Å². The Labute approximate surface area is 170 Å². The summed E-state index contributed by atoms with van der Waals surface area (Å²) in [6.07, 6.45) is 0.344. The second-order valence-electron chi connectivity index (χ2n) is 7.19. The van der Waals surface area contributed by atoms with Gasteiger partial charge in [-0.25, -0.2) is 16.8 Å². The second-order valence-corrected chi connectivity index (χ2v) is 11.1. The third-order valence-corrected chi connectivity index (χ3v) is 7.98. The molecule has 0 bridgehead atoms. The van der Waals surface area contributed by atoms with Crippen molar-refractivity contribution in [3.63, 3.8) is 0 Å². The van der Waals surface area contributed by atoms with Crippen LogP contribution in [0.15, 0.2) is 53.4 Å². The molecule has 1 heterocycles. The SMILES string of the molecule is COc1ccccc1NS(=O)(=O)c1ccc(C(=O)N[C@]2(C)CCS(=O)(=O)C2)cc1. The highest BCUT2D eigenvalue weighted by Gasteiger charge is 2.39. The topological polar surface area (TPSA) is 119 Å². The molecule has 2 aromatic carbocycles. The number of hydrogen-bond donors (Lipinski definition) is 2. The summed E-state index contributed by atoms with van der Waals surface area (Å²) in [5.41, 5.74) is -0.287. The summed E-state index contributed by atoms with van der Waals surface area (Å²) < 4.78 is 56.2. The van der Waals surface area contributed by atoms with Crippen molar-refractivity contribution >= 4 is 31.5 Å². The van der Waals surface area contributed by atoms with E-state index in [1.165, 1.54) is 31.4 Å². The molecular weight excluding hydrogens is 416 g/mol. The van der Waals surface area contributed by atoms with E-state index in [1.807, 2.05) is 0 Å². The van der Waals surface area contributed by atoms with E-state index < -0.39 is 31.3 Å². The van der Waals surface area contributed by atoms with Gasteiger partial charge in [0.1, 0.15) is 5.75 Å². The van der Waals surface area contributed by atoms with Crippen LogP contribution in [0.1, 0.15) is 23.7 Å². The van der Waals surface area contributed by atoms with E-state index in [1.54, 1.807) is 31.2 Å². The molecule has 1 aliphatic heterocycles. The van der Waals surface area contributed by atoms with E-state index in [4.69, 9.17) is 4.74 Å². The third kappa shape index (κ3) is 4.88. The number of amides is 1. The van der Waals surface area contributed by atoms with Crippen molar-refractivity contribution in [1.29, 1.82) is 0 Å². The van der Waals surface area contributed by atoms with Gasteiger partial charge in [-0.05, 0) is 49.7 Å². The first-order valence-corrected chi connectivity index (χ1v) is 12.1. The Kier molecular flexibility index (Phi) is 5.59.